The minimum absolute atomic E-state index is 0.508. The van der Waals surface area contributed by atoms with Crippen LogP contribution in [0.4, 0.5) is 17.5 Å². The summed E-state index contributed by atoms with van der Waals surface area (Å²) in [4.78, 5) is 16.8. The van der Waals surface area contributed by atoms with Crippen LogP contribution in [0.2, 0.25) is 0 Å². The smallest absolute Gasteiger partial charge is 0.227 e. The summed E-state index contributed by atoms with van der Waals surface area (Å²) in [5.74, 6) is 3.33. The van der Waals surface area contributed by atoms with Gasteiger partial charge in [0.15, 0.2) is 0 Å². The lowest BCUT2D eigenvalue weighted by atomic mass is 9.88. The van der Waals surface area contributed by atoms with Crippen molar-refractivity contribution in [3.63, 3.8) is 0 Å². The third-order valence-corrected chi connectivity index (χ3v) is 6.77. The van der Waals surface area contributed by atoms with Crippen LogP contribution in [0.15, 0.2) is 42.5 Å². The first kappa shape index (κ1) is 24.1. The maximum Gasteiger partial charge on any atom is 0.227 e. The molecule has 0 spiro atoms. The molecule has 2 heterocycles. The summed E-state index contributed by atoms with van der Waals surface area (Å²) in [5, 5.41) is 1.15. The van der Waals surface area contributed by atoms with Crippen LogP contribution in [0.25, 0.3) is 10.9 Å². The maximum atomic E-state index is 5.64. The second-order valence-corrected chi connectivity index (χ2v) is 9.43. The Hall–Kier alpha value is -3.02. The van der Waals surface area contributed by atoms with Crippen LogP contribution >= 0.6 is 0 Å². The lowest BCUT2D eigenvalue weighted by Crippen LogP contribution is -2.34. The van der Waals surface area contributed by atoms with Gasteiger partial charge in [-0.2, -0.15) is 4.98 Å². The number of nitrogens with zero attached hydrogens (tertiary/aromatic N) is 5. The Bertz CT molecular complexity index is 1090. The van der Waals surface area contributed by atoms with Gasteiger partial charge in [0.25, 0.3) is 0 Å². The summed E-state index contributed by atoms with van der Waals surface area (Å²) >= 11 is 0. The van der Waals surface area contributed by atoms with Crippen LogP contribution in [0.3, 0.4) is 0 Å². The topological polar surface area (TPSA) is 44.7 Å². The van der Waals surface area contributed by atoms with E-state index in [-0.39, 0.29) is 0 Å². The Kier molecular flexibility index (Phi) is 7.76. The van der Waals surface area contributed by atoms with Gasteiger partial charge >= 0.3 is 0 Å². The minimum atomic E-state index is 0.508. The van der Waals surface area contributed by atoms with Gasteiger partial charge in [-0.3, -0.25) is 0 Å². The predicted molar refractivity (Wildman–Crippen MR) is 144 cm³/mol. The standard InChI is InChI=1S/C28H39N5O/c1-6-16-32(17-7-2)22-12-13-25-24(20-22)27(30-28(29-25)31(3)4)33-18-14-21(15-19-33)23-10-8-9-11-26(23)34-5/h8-13,20-21H,6-7,14-19H2,1-5H3. The second-order valence-electron chi connectivity index (χ2n) is 9.43. The van der Waals surface area contributed by atoms with Gasteiger partial charge in [0, 0.05) is 51.3 Å². The van der Waals surface area contributed by atoms with Crippen LogP contribution < -0.4 is 19.4 Å². The van der Waals surface area contributed by atoms with Gasteiger partial charge in [0.05, 0.1) is 12.6 Å². The van der Waals surface area contributed by atoms with Crippen molar-refractivity contribution in [1.82, 2.24) is 9.97 Å². The minimum Gasteiger partial charge on any atom is -0.496 e. The summed E-state index contributed by atoms with van der Waals surface area (Å²) in [6.07, 6.45) is 4.44. The van der Waals surface area contributed by atoms with Gasteiger partial charge in [-0.15, -0.1) is 0 Å². The van der Waals surface area contributed by atoms with Gasteiger partial charge in [-0.25, -0.2) is 4.98 Å². The molecule has 34 heavy (non-hydrogen) atoms. The first-order valence-electron chi connectivity index (χ1n) is 12.7. The van der Waals surface area contributed by atoms with Gasteiger partial charge in [0.2, 0.25) is 5.95 Å². The Morgan fingerprint density at radius 3 is 2.32 bits per heavy atom. The molecule has 0 saturated carbocycles. The molecule has 0 bridgehead atoms. The molecule has 6 nitrogen and oxygen atoms in total. The second kappa shape index (κ2) is 10.9. The quantitative estimate of drug-likeness (QED) is 0.406. The van der Waals surface area contributed by atoms with Gasteiger partial charge < -0.3 is 19.4 Å². The Labute approximate surface area is 204 Å². The Morgan fingerprint density at radius 1 is 0.971 bits per heavy atom. The maximum absolute atomic E-state index is 5.64. The highest BCUT2D eigenvalue weighted by molar-refractivity contribution is 5.93. The van der Waals surface area contributed by atoms with Gasteiger partial charge in [0.1, 0.15) is 11.6 Å². The number of benzene rings is 2. The van der Waals surface area contributed by atoms with E-state index in [0.29, 0.717) is 5.92 Å². The predicted octanol–water partition coefficient (Wildman–Crippen LogP) is 5.71. The molecule has 6 heteroatoms. The Morgan fingerprint density at radius 2 is 1.68 bits per heavy atom. The monoisotopic (exact) mass is 461 g/mol. The van der Waals surface area contributed by atoms with Gasteiger partial charge in [-0.05, 0) is 61.4 Å². The van der Waals surface area contributed by atoms with E-state index < -0.39 is 0 Å². The number of hydrogen-bond donors (Lipinski definition) is 0. The Balaban J connectivity index is 1.67. The molecule has 0 N–H and O–H groups in total. The van der Waals surface area contributed by atoms with E-state index in [0.717, 1.165) is 80.3 Å². The van der Waals surface area contributed by atoms with Crippen molar-refractivity contribution in [3.05, 3.63) is 48.0 Å². The number of piperidine rings is 1. The number of rotatable bonds is 9. The average molecular weight is 462 g/mol. The lowest BCUT2D eigenvalue weighted by molar-refractivity contribution is 0.397. The fourth-order valence-electron chi connectivity index (χ4n) is 5.04. The molecule has 1 aliphatic heterocycles. The first-order chi connectivity index (χ1) is 16.5. The third-order valence-electron chi connectivity index (χ3n) is 6.77. The zero-order valence-corrected chi connectivity index (χ0v) is 21.4. The molecule has 1 aliphatic rings. The number of para-hydroxylation sites is 1. The van der Waals surface area contributed by atoms with Crippen molar-refractivity contribution < 1.29 is 4.74 Å². The molecule has 2 aromatic carbocycles. The van der Waals surface area contributed by atoms with Crippen molar-refractivity contribution >= 4 is 28.4 Å². The van der Waals surface area contributed by atoms with Crippen LogP contribution in [0.1, 0.15) is 51.0 Å². The number of aromatic nitrogens is 2. The lowest BCUT2D eigenvalue weighted by Gasteiger charge is -2.34. The van der Waals surface area contributed by atoms with E-state index in [9.17, 15) is 0 Å². The average Bonchev–Trinajstić information content (AvgIpc) is 2.87. The van der Waals surface area contributed by atoms with Crippen molar-refractivity contribution in [3.8, 4) is 5.75 Å². The molecular formula is C28H39N5O. The summed E-state index contributed by atoms with van der Waals surface area (Å²) in [7, 11) is 5.79. The van der Waals surface area contributed by atoms with Crippen molar-refractivity contribution in [2.45, 2.75) is 45.4 Å². The fraction of sp³-hybridized carbons (Fsp3) is 0.500. The van der Waals surface area contributed by atoms with E-state index in [1.165, 1.54) is 11.3 Å². The van der Waals surface area contributed by atoms with Crippen molar-refractivity contribution in [2.24, 2.45) is 0 Å². The third kappa shape index (κ3) is 5.06. The van der Waals surface area contributed by atoms with E-state index in [4.69, 9.17) is 14.7 Å². The number of methoxy groups -OCH3 is 1. The van der Waals surface area contributed by atoms with Crippen molar-refractivity contribution in [1.29, 1.82) is 0 Å². The molecule has 1 aromatic heterocycles. The van der Waals surface area contributed by atoms with E-state index in [2.05, 4.69) is 60.0 Å². The van der Waals surface area contributed by atoms with E-state index >= 15 is 0 Å². The van der Waals surface area contributed by atoms with Crippen molar-refractivity contribution in [2.75, 3.05) is 62.1 Å². The molecule has 1 saturated heterocycles. The molecule has 4 rings (SSSR count). The highest BCUT2D eigenvalue weighted by atomic mass is 16.5. The number of anilines is 3. The molecule has 0 amide bonds. The molecule has 0 aliphatic carbocycles. The number of hydrogen-bond acceptors (Lipinski definition) is 6. The zero-order chi connectivity index (χ0) is 24.1. The molecule has 182 valence electrons. The van der Waals surface area contributed by atoms with Crippen LogP contribution in [0.5, 0.6) is 5.75 Å². The highest BCUT2D eigenvalue weighted by Crippen LogP contribution is 2.37. The molecule has 0 radical (unpaired) electrons. The highest BCUT2D eigenvalue weighted by Gasteiger charge is 2.25. The number of fused-ring (bicyclic) bond motifs is 1. The first-order valence-corrected chi connectivity index (χ1v) is 12.7. The largest absolute Gasteiger partial charge is 0.496 e. The molecule has 0 unspecified atom stereocenters. The van der Waals surface area contributed by atoms with Gasteiger partial charge in [-0.1, -0.05) is 32.0 Å². The summed E-state index contributed by atoms with van der Waals surface area (Å²) < 4.78 is 5.64. The van der Waals surface area contributed by atoms with Crippen LogP contribution in [-0.4, -0.2) is 57.4 Å². The molecule has 0 atom stereocenters. The summed E-state index contributed by atoms with van der Waals surface area (Å²) in [6, 6.07) is 15.1. The SMILES string of the molecule is CCCN(CCC)c1ccc2nc(N(C)C)nc(N3CCC(c4ccccc4OC)CC3)c2c1. The van der Waals surface area contributed by atoms with E-state index in [1.54, 1.807) is 7.11 Å². The van der Waals surface area contributed by atoms with Crippen LogP contribution in [-0.2, 0) is 0 Å². The fourth-order valence-corrected chi connectivity index (χ4v) is 5.04. The van der Waals surface area contributed by atoms with E-state index in [1.807, 2.05) is 25.1 Å². The van der Waals surface area contributed by atoms with Crippen LogP contribution in [0, 0.1) is 0 Å². The molecular weight excluding hydrogens is 422 g/mol. The summed E-state index contributed by atoms with van der Waals surface area (Å²) in [5.41, 5.74) is 3.60. The molecule has 3 aromatic rings. The molecule has 1 fully saturated rings. The summed E-state index contributed by atoms with van der Waals surface area (Å²) in [6.45, 7) is 8.56. The zero-order valence-electron chi connectivity index (χ0n) is 21.4. The normalized spacial score (nSPS) is 14.4. The number of ether oxygens (including phenoxy) is 1.